The van der Waals surface area contributed by atoms with Crippen LogP contribution < -0.4 is 10.6 Å². The van der Waals surface area contributed by atoms with Gasteiger partial charge in [-0.05, 0) is 57.7 Å². The van der Waals surface area contributed by atoms with Crippen molar-refractivity contribution in [3.63, 3.8) is 0 Å². The Morgan fingerprint density at radius 1 is 1.03 bits per heavy atom. The van der Waals surface area contributed by atoms with Gasteiger partial charge in [-0.15, -0.1) is 0 Å². The predicted molar refractivity (Wildman–Crippen MR) is 114 cm³/mol. The van der Waals surface area contributed by atoms with Gasteiger partial charge < -0.3 is 15.4 Å². The van der Waals surface area contributed by atoms with Gasteiger partial charge in [0.1, 0.15) is 0 Å². The lowest BCUT2D eigenvalue weighted by Crippen LogP contribution is -2.35. The number of ether oxygens (including phenoxy) is 1. The second-order valence-corrected chi connectivity index (χ2v) is 7.53. The van der Waals surface area contributed by atoms with Crippen molar-refractivity contribution in [2.45, 2.75) is 47.5 Å². The van der Waals surface area contributed by atoms with Crippen molar-refractivity contribution in [2.24, 2.45) is 7.05 Å². The maximum Gasteiger partial charge on any atom is 0.306 e. The fourth-order valence-electron chi connectivity index (χ4n) is 3.42. The van der Waals surface area contributed by atoms with Gasteiger partial charge in [-0.1, -0.05) is 17.7 Å². The van der Waals surface area contributed by atoms with Crippen LogP contribution in [0.3, 0.4) is 0 Å². The molecule has 0 spiro atoms. The first-order chi connectivity index (χ1) is 14.1. The maximum atomic E-state index is 12.1. The van der Waals surface area contributed by atoms with Crippen molar-refractivity contribution in [1.29, 1.82) is 0 Å². The van der Waals surface area contributed by atoms with Crippen LogP contribution in [0, 0.1) is 34.6 Å². The van der Waals surface area contributed by atoms with E-state index >= 15 is 0 Å². The van der Waals surface area contributed by atoms with Gasteiger partial charge in [0.05, 0.1) is 12.2 Å². The second kappa shape index (κ2) is 10.0. The average molecular weight is 415 g/mol. The SMILES string of the molecule is Cc1cc(C)c(NC(=O)CNC(=O)COC(=O)CCc2c(C)nn(C)c2C)c(C)c1. The quantitative estimate of drug-likeness (QED) is 0.645. The molecule has 8 nitrogen and oxygen atoms in total. The summed E-state index contributed by atoms with van der Waals surface area (Å²) in [6.45, 7) is 9.05. The Labute approximate surface area is 177 Å². The Bertz CT molecular complexity index is 939. The van der Waals surface area contributed by atoms with Crippen LogP contribution in [0.25, 0.3) is 0 Å². The summed E-state index contributed by atoms with van der Waals surface area (Å²) < 4.78 is 6.78. The van der Waals surface area contributed by atoms with Gasteiger partial charge in [0.15, 0.2) is 6.61 Å². The molecule has 0 unspecified atom stereocenters. The molecule has 0 atom stereocenters. The van der Waals surface area contributed by atoms with Crippen molar-refractivity contribution in [3.05, 3.63) is 45.8 Å². The molecule has 0 saturated carbocycles. The lowest BCUT2D eigenvalue weighted by atomic mass is 10.1. The number of anilines is 1. The fraction of sp³-hybridized carbons (Fsp3) is 0.455. The van der Waals surface area contributed by atoms with Crippen molar-refractivity contribution in [3.8, 4) is 0 Å². The van der Waals surface area contributed by atoms with Gasteiger partial charge in [0.2, 0.25) is 5.91 Å². The smallest absolute Gasteiger partial charge is 0.306 e. The number of carbonyl (C=O) groups is 3. The lowest BCUT2D eigenvalue weighted by molar-refractivity contribution is -0.148. The number of benzene rings is 1. The van der Waals surface area contributed by atoms with Gasteiger partial charge in [-0.2, -0.15) is 5.10 Å². The monoisotopic (exact) mass is 414 g/mol. The lowest BCUT2D eigenvalue weighted by Gasteiger charge is -2.13. The van der Waals surface area contributed by atoms with Gasteiger partial charge >= 0.3 is 5.97 Å². The molecule has 30 heavy (non-hydrogen) atoms. The number of aromatic nitrogens is 2. The second-order valence-electron chi connectivity index (χ2n) is 7.53. The Hall–Kier alpha value is -3.16. The van der Waals surface area contributed by atoms with Crippen LogP contribution in [-0.4, -0.2) is 40.7 Å². The van der Waals surface area contributed by atoms with Crippen LogP contribution in [0.5, 0.6) is 0 Å². The Morgan fingerprint density at radius 3 is 2.23 bits per heavy atom. The van der Waals surface area contributed by atoms with E-state index in [0.29, 0.717) is 6.42 Å². The average Bonchev–Trinajstić information content (AvgIpc) is 2.91. The summed E-state index contributed by atoms with van der Waals surface area (Å²) in [6, 6.07) is 3.96. The topological polar surface area (TPSA) is 102 Å². The first kappa shape index (κ1) is 23.1. The number of hydrogen-bond donors (Lipinski definition) is 2. The van der Waals surface area contributed by atoms with Crippen molar-refractivity contribution in [1.82, 2.24) is 15.1 Å². The molecule has 0 saturated heterocycles. The number of aryl methyl sites for hydroxylation is 5. The van der Waals surface area contributed by atoms with E-state index in [1.807, 2.05) is 53.8 Å². The molecule has 1 aromatic carbocycles. The molecule has 8 heteroatoms. The van der Waals surface area contributed by atoms with E-state index in [9.17, 15) is 14.4 Å². The summed E-state index contributed by atoms with van der Waals surface area (Å²) >= 11 is 0. The van der Waals surface area contributed by atoms with Gasteiger partial charge in [0.25, 0.3) is 5.91 Å². The zero-order valence-corrected chi connectivity index (χ0v) is 18.5. The highest BCUT2D eigenvalue weighted by atomic mass is 16.5. The van der Waals surface area contributed by atoms with E-state index in [-0.39, 0.29) is 18.9 Å². The molecule has 0 radical (unpaired) electrons. The van der Waals surface area contributed by atoms with Crippen LogP contribution in [0.4, 0.5) is 5.69 Å². The Kier molecular flexibility index (Phi) is 7.74. The highest BCUT2D eigenvalue weighted by Crippen LogP contribution is 2.21. The normalized spacial score (nSPS) is 10.6. The fourth-order valence-corrected chi connectivity index (χ4v) is 3.42. The molecule has 1 aromatic heterocycles. The van der Waals surface area contributed by atoms with Crippen LogP contribution >= 0.6 is 0 Å². The molecule has 2 rings (SSSR count). The zero-order chi connectivity index (χ0) is 22.4. The highest BCUT2D eigenvalue weighted by molar-refractivity contribution is 5.96. The van der Waals surface area contributed by atoms with E-state index in [1.165, 1.54) is 0 Å². The van der Waals surface area contributed by atoms with Crippen molar-refractivity contribution >= 4 is 23.5 Å². The molecule has 0 fully saturated rings. The Morgan fingerprint density at radius 2 is 1.67 bits per heavy atom. The molecule has 0 bridgehead atoms. The molecule has 2 aromatic rings. The third-order valence-corrected chi connectivity index (χ3v) is 4.99. The largest absolute Gasteiger partial charge is 0.456 e. The maximum absolute atomic E-state index is 12.1. The Balaban J connectivity index is 1.73. The third-order valence-electron chi connectivity index (χ3n) is 4.99. The first-order valence-corrected chi connectivity index (χ1v) is 9.87. The molecular weight excluding hydrogens is 384 g/mol. The molecule has 162 valence electrons. The number of nitrogens with one attached hydrogen (secondary N) is 2. The number of nitrogens with zero attached hydrogens (tertiary/aromatic N) is 2. The minimum absolute atomic E-state index is 0.160. The third kappa shape index (κ3) is 6.17. The molecule has 2 amide bonds. The number of rotatable bonds is 8. The number of carbonyl (C=O) groups excluding carboxylic acids is 3. The minimum Gasteiger partial charge on any atom is -0.456 e. The molecule has 0 aliphatic rings. The van der Waals surface area contributed by atoms with E-state index in [0.717, 1.165) is 39.3 Å². The highest BCUT2D eigenvalue weighted by Gasteiger charge is 2.14. The summed E-state index contributed by atoms with van der Waals surface area (Å²) in [4.78, 5) is 35.9. The van der Waals surface area contributed by atoms with Crippen molar-refractivity contribution < 1.29 is 19.1 Å². The van der Waals surface area contributed by atoms with Crippen molar-refractivity contribution in [2.75, 3.05) is 18.5 Å². The summed E-state index contributed by atoms with van der Waals surface area (Å²) in [5.74, 6) is -1.33. The summed E-state index contributed by atoms with van der Waals surface area (Å²) in [5.41, 5.74) is 6.67. The van der Waals surface area contributed by atoms with E-state index in [1.54, 1.807) is 4.68 Å². The van der Waals surface area contributed by atoms with Crippen LogP contribution in [0.2, 0.25) is 0 Å². The summed E-state index contributed by atoms with van der Waals surface area (Å²) in [7, 11) is 1.85. The van der Waals surface area contributed by atoms with Crippen LogP contribution in [0.15, 0.2) is 12.1 Å². The van der Waals surface area contributed by atoms with Gasteiger partial charge in [-0.25, -0.2) is 0 Å². The van der Waals surface area contributed by atoms with Crippen LogP contribution in [-0.2, 0) is 32.6 Å². The number of esters is 1. The van der Waals surface area contributed by atoms with E-state index in [4.69, 9.17) is 4.74 Å². The molecular formula is C22H30N4O4. The minimum atomic E-state index is -0.524. The predicted octanol–water partition coefficient (Wildman–Crippen LogP) is 2.19. The summed E-state index contributed by atoms with van der Waals surface area (Å²) in [6.07, 6.45) is 0.663. The van der Waals surface area contributed by atoms with Gasteiger partial charge in [0, 0.05) is 24.8 Å². The molecule has 0 aliphatic heterocycles. The zero-order valence-electron chi connectivity index (χ0n) is 18.5. The number of amides is 2. The summed E-state index contributed by atoms with van der Waals surface area (Å²) in [5, 5.41) is 9.58. The van der Waals surface area contributed by atoms with Crippen LogP contribution in [0.1, 0.15) is 40.1 Å². The molecule has 0 aliphatic carbocycles. The molecule has 1 heterocycles. The van der Waals surface area contributed by atoms with Gasteiger partial charge in [-0.3, -0.25) is 19.1 Å². The molecule has 2 N–H and O–H groups in total. The number of hydrogen-bond acceptors (Lipinski definition) is 5. The van der Waals surface area contributed by atoms with E-state index in [2.05, 4.69) is 15.7 Å². The first-order valence-electron chi connectivity index (χ1n) is 9.87. The van der Waals surface area contributed by atoms with E-state index < -0.39 is 18.5 Å². The standard InChI is InChI=1S/C22H30N4O4/c1-13-9-14(2)22(15(3)10-13)24-19(27)11-23-20(28)12-30-21(29)8-7-18-16(4)25-26(6)17(18)5/h9-10H,7-8,11-12H2,1-6H3,(H,23,28)(H,24,27).